The molecule has 5 heteroatoms. The van der Waals surface area contributed by atoms with E-state index < -0.39 is 5.97 Å². The van der Waals surface area contributed by atoms with E-state index >= 15 is 0 Å². The number of aliphatic carboxylic acids is 1. The molecule has 0 atom stereocenters. The van der Waals surface area contributed by atoms with Crippen LogP contribution in [0.25, 0.3) is 0 Å². The lowest BCUT2D eigenvalue weighted by Crippen LogP contribution is -2.57. The van der Waals surface area contributed by atoms with Crippen molar-refractivity contribution in [2.45, 2.75) is 56.7 Å². The molecule has 0 spiro atoms. The Balaban J connectivity index is 1.38. The van der Waals surface area contributed by atoms with Crippen LogP contribution in [0.15, 0.2) is 28.7 Å². The third-order valence-corrected chi connectivity index (χ3v) is 5.80. The normalized spacial score (nSPS) is 29.9. The van der Waals surface area contributed by atoms with Crippen LogP contribution in [0.5, 0.6) is 0 Å². The lowest BCUT2D eigenvalue weighted by atomic mass is 9.74. The van der Waals surface area contributed by atoms with Gasteiger partial charge in [-0.2, -0.15) is 0 Å². The largest absolute Gasteiger partial charge is 0.480 e. The molecule has 2 saturated carbocycles. The molecule has 2 fully saturated rings. The zero-order valence-corrected chi connectivity index (χ0v) is 15.1. The monoisotopic (exact) mass is 380 g/mol. The van der Waals surface area contributed by atoms with Gasteiger partial charge in [-0.3, -0.25) is 9.69 Å². The number of hydrogen-bond acceptors (Lipinski definition) is 3. The number of carboxylic acid groups (broad SMARTS) is 1. The zero-order valence-electron chi connectivity index (χ0n) is 13.5. The molecule has 0 saturated heterocycles. The molecule has 0 aliphatic heterocycles. The minimum Gasteiger partial charge on any atom is -0.480 e. The Morgan fingerprint density at radius 3 is 2.61 bits per heavy atom. The SMILES string of the molecule is CCN(CC(=O)O)C1CC(NC2CC(c3cccc(Br)c3)C2)C1. The highest BCUT2D eigenvalue weighted by atomic mass is 79.9. The standard InChI is InChI=1S/C18H25BrN2O2/c1-2-21(11-18(22)23)17-9-16(10-17)20-15-7-13(8-15)12-4-3-5-14(19)6-12/h3-6,13,15-17,20H,2,7-11H2,1H3,(H,22,23). The van der Waals surface area contributed by atoms with Crippen LogP contribution in [0.3, 0.4) is 0 Å². The first-order valence-electron chi connectivity index (χ1n) is 8.52. The maximum Gasteiger partial charge on any atom is 0.317 e. The first kappa shape index (κ1) is 16.9. The molecule has 4 nitrogen and oxygen atoms in total. The summed E-state index contributed by atoms with van der Waals surface area (Å²) in [6.45, 7) is 3.03. The fourth-order valence-corrected chi connectivity index (χ4v) is 4.23. The average Bonchev–Trinajstić information content (AvgIpc) is 2.41. The number of hydrogen-bond donors (Lipinski definition) is 2. The number of nitrogens with one attached hydrogen (secondary N) is 1. The predicted molar refractivity (Wildman–Crippen MR) is 94.7 cm³/mol. The summed E-state index contributed by atoms with van der Waals surface area (Å²) in [6, 6.07) is 10.3. The van der Waals surface area contributed by atoms with Crippen molar-refractivity contribution in [1.29, 1.82) is 0 Å². The van der Waals surface area contributed by atoms with Gasteiger partial charge >= 0.3 is 5.97 Å². The summed E-state index contributed by atoms with van der Waals surface area (Å²) in [4.78, 5) is 12.9. The van der Waals surface area contributed by atoms with Crippen LogP contribution in [0.4, 0.5) is 0 Å². The lowest BCUT2D eigenvalue weighted by molar-refractivity contribution is -0.139. The van der Waals surface area contributed by atoms with Gasteiger partial charge in [0.2, 0.25) is 0 Å². The van der Waals surface area contributed by atoms with Crippen molar-refractivity contribution in [3.8, 4) is 0 Å². The molecule has 2 N–H and O–H groups in total. The Morgan fingerprint density at radius 1 is 1.30 bits per heavy atom. The maximum atomic E-state index is 10.9. The molecule has 0 aromatic heterocycles. The highest BCUT2D eigenvalue weighted by Crippen LogP contribution is 2.39. The van der Waals surface area contributed by atoms with Crippen LogP contribution in [0.2, 0.25) is 0 Å². The molecule has 0 amide bonds. The minimum atomic E-state index is -0.723. The van der Waals surface area contributed by atoms with E-state index in [4.69, 9.17) is 5.11 Å². The third-order valence-electron chi connectivity index (χ3n) is 5.30. The fourth-order valence-electron chi connectivity index (χ4n) is 3.81. The van der Waals surface area contributed by atoms with Gasteiger partial charge in [0.15, 0.2) is 0 Å². The average molecular weight is 381 g/mol. The smallest absolute Gasteiger partial charge is 0.317 e. The number of carboxylic acids is 1. The van der Waals surface area contributed by atoms with Crippen molar-refractivity contribution >= 4 is 21.9 Å². The lowest BCUT2D eigenvalue weighted by Gasteiger charge is -2.46. The number of nitrogens with zero attached hydrogens (tertiary/aromatic N) is 1. The van der Waals surface area contributed by atoms with Crippen LogP contribution in [0, 0.1) is 0 Å². The van der Waals surface area contributed by atoms with Gasteiger partial charge in [-0.1, -0.05) is 35.0 Å². The molecule has 23 heavy (non-hydrogen) atoms. The summed E-state index contributed by atoms with van der Waals surface area (Å²) in [5, 5.41) is 12.7. The predicted octanol–water partition coefficient (Wildman–Crippen LogP) is 3.22. The van der Waals surface area contributed by atoms with E-state index in [9.17, 15) is 4.79 Å². The summed E-state index contributed by atoms with van der Waals surface area (Å²) in [6.07, 6.45) is 4.59. The molecule has 126 valence electrons. The quantitative estimate of drug-likeness (QED) is 0.762. The Kier molecular flexibility index (Phi) is 5.39. The second kappa shape index (κ2) is 7.32. The van der Waals surface area contributed by atoms with Crippen molar-refractivity contribution in [2.24, 2.45) is 0 Å². The molecule has 0 radical (unpaired) electrons. The van der Waals surface area contributed by atoms with Crippen LogP contribution in [0.1, 0.15) is 44.1 Å². The van der Waals surface area contributed by atoms with Gasteiger partial charge in [0, 0.05) is 22.6 Å². The number of halogens is 1. The van der Waals surface area contributed by atoms with Crippen molar-refractivity contribution < 1.29 is 9.90 Å². The summed E-state index contributed by atoms with van der Waals surface area (Å²) in [5.74, 6) is -0.0425. The second-order valence-electron chi connectivity index (χ2n) is 6.87. The van der Waals surface area contributed by atoms with Crippen LogP contribution >= 0.6 is 15.9 Å². The Hall–Kier alpha value is -0.910. The van der Waals surface area contributed by atoms with Gasteiger partial charge in [0.1, 0.15) is 0 Å². The van der Waals surface area contributed by atoms with Crippen LogP contribution in [-0.2, 0) is 4.79 Å². The van der Waals surface area contributed by atoms with Crippen molar-refractivity contribution in [3.63, 3.8) is 0 Å². The molecular weight excluding hydrogens is 356 g/mol. The van der Waals surface area contributed by atoms with E-state index in [1.165, 1.54) is 18.4 Å². The van der Waals surface area contributed by atoms with E-state index in [-0.39, 0.29) is 6.54 Å². The fraction of sp³-hybridized carbons (Fsp3) is 0.611. The number of rotatable bonds is 7. The topological polar surface area (TPSA) is 52.6 Å². The summed E-state index contributed by atoms with van der Waals surface area (Å²) in [7, 11) is 0. The van der Waals surface area contributed by atoms with Gasteiger partial charge in [0.05, 0.1) is 6.54 Å². The van der Waals surface area contributed by atoms with E-state index in [1.807, 2.05) is 6.92 Å². The third kappa shape index (κ3) is 4.14. The Morgan fingerprint density at radius 2 is 2.00 bits per heavy atom. The molecule has 1 aromatic carbocycles. The molecule has 2 aliphatic carbocycles. The summed E-state index contributed by atoms with van der Waals surface area (Å²) < 4.78 is 1.16. The van der Waals surface area contributed by atoms with E-state index in [1.54, 1.807) is 0 Å². The highest BCUT2D eigenvalue weighted by molar-refractivity contribution is 9.10. The molecule has 2 aliphatic rings. The number of carbonyl (C=O) groups is 1. The Labute approximate surface area is 146 Å². The molecular formula is C18H25BrN2O2. The molecule has 0 unspecified atom stereocenters. The Bertz CT molecular complexity index is 554. The summed E-state index contributed by atoms with van der Waals surface area (Å²) >= 11 is 3.54. The van der Waals surface area contributed by atoms with Gasteiger partial charge in [0.25, 0.3) is 0 Å². The first-order chi connectivity index (χ1) is 11.0. The van der Waals surface area contributed by atoms with Crippen molar-refractivity contribution in [2.75, 3.05) is 13.1 Å². The van der Waals surface area contributed by atoms with Crippen LogP contribution < -0.4 is 5.32 Å². The molecule has 3 rings (SSSR count). The van der Waals surface area contributed by atoms with E-state index in [0.717, 1.165) is 23.9 Å². The van der Waals surface area contributed by atoms with Crippen molar-refractivity contribution in [1.82, 2.24) is 10.2 Å². The minimum absolute atomic E-state index is 0.169. The second-order valence-corrected chi connectivity index (χ2v) is 7.78. The van der Waals surface area contributed by atoms with E-state index in [2.05, 4.69) is 50.4 Å². The van der Waals surface area contributed by atoms with Gasteiger partial charge in [-0.05, 0) is 55.8 Å². The maximum absolute atomic E-state index is 10.9. The zero-order chi connectivity index (χ0) is 16.4. The molecule has 1 aromatic rings. The summed E-state index contributed by atoms with van der Waals surface area (Å²) in [5.41, 5.74) is 1.43. The van der Waals surface area contributed by atoms with Crippen molar-refractivity contribution in [3.05, 3.63) is 34.3 Å². The van der Waals surface area contributed by atoms with Gasteiger partial charge in [-0.15, -0.1) is 0 Å². The van der Waals surface area contributed by atoms with Gasteiger partial charge in [-0.25, -0.2) is 0 Å². The first-order valence-corrected chi connectivity index (χ1v) is 9.31. The number of benzene rings is 1. The van der Waals surface area contributed by atoms with Crippen LogP contribution in [-0.4, -0.2) is 47.2 Å². The molecule has 0 heterocycles. The number of likely N-dealkylation sites (N-methyl/N-ethyl adjacent to an activating group) is 1. The van der Waals surface area contributed by atoms with Gasteiger partial charge < -0.3 is 10.4 Å². The highest BCUT2D eigenvalue weighted by Gasteiger charge is 2.38. The molecule has 0 bridgehead atoms. The van der Waals surface area contributed by atoms with E-state index in [0.29, 0.717) is 24.0 Å².